The zero-order valence-corrected chi connectivity index (χ0v) is 33.5. The van der Waals surface area contributed by atoms with Crippen molar-refractivity contribution < 1.29 is 0 Å². The van der Waals surface area contributed by atoms with Gasteiger partial charge in [0, 0.05) is 33.7 Å². The van der Waals surface area contributed by atoms with Crippen LogP contribution < -0.4 is 9.80 Å². The standard InChI is InChI=1S/C59H40N2/c1-5-20-41(21-6-1)42-36-38-46(39-37-42)60(43-22-7-2-8-23-43)55-35-19-34-53-58(55)50-31-16-18-33-52(50)59(53)51-32-17-15-30-49(51)57-48-29-14-13-28-47(48)56(40-54(57)59)61(44-24-9-3-10-25-44)45-26-11-4-12-27-45/h1-40H. The molecule has 10 aromatic rings. The van der Waals surface area contributed by atoms with Gasteiger partial charge in [-0.25, -0.2) is 0 Å². The van der Waals surface area contributed by atoms with Crippen LogP contribution in [0.2, 0.25) is 0 Å². The molecule has 0 aromatic heterocycles. The van der Waals surface area contributed by atoms with Gasteiger partial charge in [0.1, 0.15) is 0 Å². The maximum atomic E-state index is 2.52. The van der Waals surface area contributed by atoms with Gasteiger partial charge in [-0.15, -0.1) is 0 Å². The van der Waals surface area contributed by atoms with E-state index in [9.17, 15) is 0 Å². The molecule has 0 aliphatic heterocycles. The highest BCUT2D eigenvalue weighted by Gasteiger charge is 2.53. The Bertz CT molecular complexity index is 3190. The number of para-hydroxylation sites is 3. The van der Waals surface area contributed by atoms with Gasteiger partial charge in [0.2, 0.25) is 0 Å². The number of fused-ring (bicyclic) bond motifs is 12. The Labute approximate surface area is 356 Å². The largest absolute Gasteiger partial charge is 0.310 e. The third kappa shape index (κ3) is 5.29. The maximum absolute atomic E-state index is 2.52. The number of anilines is 6. The fourth-order valence-corrected chi connectivity index (χ4v) is 10.4. The SMILES string of the molecule is c1ccc(-c2ccc(N(c3ccccc3)c3cccc4c3-c3ccccc3C43c4ccccc4-c4c3cc(N(c3ccccc3)c3ccccc3)c3ccccc43)cc2)cc1. The summed E-state index contributed by atoms with van der Waals surface area (Å²) >= 11 is 0. The zero-order chi connectivity index (χ0) is 40.3. The molecule has 0 N–H and O–H groups in total. The van der Waals surface area contributed by atoms with E-state index in [1.807, 2.05) is 0 Å². The van der Waals surface area contributed by atoms with E-state index in [4.69, 9.17) is 0 Å². The van der Waals surface area contributed by atoms with Crippen LogP contribution in [-0.2, 0) is 5.41 Å². The van der Waals surface area contributed by atoms with Crippen molar-refractivity contribution in [3.63, 3.8) is 0 Å². The highest BCUT2D eigenvalue weighted by atomic mass is 15.2. The summed E-state index contributed by atoms with van der Waals surface area (Å²) in [6, 6.07) is 88.9. The van der Waals surface area contributed by atoms with Crippen LogP contribution in [0.15, 0.2) is 243 Å². The molecule has 0 bridgehead atoms. The van der Waals surface area contributed by atoms with Crippen molar-refractivity contribution in [1.82, 2.24) is 0 Å². The predicted octanol–water partition coefficient (Wildman–Crippen LogP) is 15.8. The number of hydrogen-bond donors (Lipinski definition) is 0. The lowest BCUT2D eigenvalue weighted by molar-refractivity contribution is 0.794. The molecule has 286 valence electrons. The van der Waals surface area contributed by atoms with E-state index in [0.717, 1.165) is 34.1 Å². The Morgan fingerprint density at radius 2 is 0.689 bits per heavy atom. The maximum Gasteiger partial charge on any atom is 0.0727 e. The molecule has 61 heavy (non-hydrogen) atoms. The second-order valence-electron chi connectivity index (χ2n) is 16.0. The lowest BCUT2D eigenvalue weighted by Gasteiger charge is -2.33. The Morgan fingerprint density at radius 1 is 0.262 bits per heavy atom. The molecular weight excluding hydrogens is 737 g/mol. The van der Waals surface area contributed by atoms with Crippen molar-refractivity contribution >= 4 is 44.9 Å². The highest BCUT2D eigenvalue weighted by Crippen LogP contribution is 2.66. The van der Waals surface area contributed by atoms with E-state index in [-0.39, 0.29) is 0 Å². The van der Waals surface area contributed by atoms with Crippen LogP contribution in [0.5, 0.6) is 0 Å². The molecule has 10 aromatic carbocycles. The summed E-state index contributed by atoms with van der Waals surface area (Å²) in [4.78, 5) is 4.89. The molecule has 2 aliphatic carbocycles. The summed E-state index contributed by atoms with van der Waals surface area (Å²) in [7, 11) is 0. The molecule has 0 saturated carbocycles. The van der Waals surface area contributed by atoms with Crippen molar-refractivity contribution in [1.29, 1.82) is 0 Å². The third-order valence-electron chi connectivity index (χ3n) is 12.8. The number of hydrogen-bond acceptors (Lipinski definition) is 2. The normalized spacial score (nSPS) is 14.3. The summed E-state index contributed by atoms with van der Waals surface area (Å²) in [6.07, 6.45) is 0. The number of benzene rings is 10. The third-order valence-corrected chi connectivity index (χ3v) is 12.8. The summed E-state index contributed by atoms with van der Waals surface area (Å²) in [5, 5.41) is 2.47. The minimum atomic E-state index is -0.578. The first-order valence-electron chi connectivity index (χ1n) is 21.1. The van der Waals surface area contributed by atoms with Crippen LogP contribution in [0.1, 0.15) is 22.3 Å². The minimum absolute atomic E-state index is 0.578. The van der Waals surface area contributed by atoms with Crippen LogP contribution in [0, 0.1) is 0 Å². The van der Waals surface area contributed by atoms with Crippen LogP contribution in [0.3, 0.4) is 0 Å². The van der Waals surface area contributed by atoms with Crippen LogP contribution >= 0.6 is 0 Å². The molecule has 0 radical (unpaired) electrons. The number of nitrogens with zero attached hydrogens (tertiary/aromatic N) is 2. The predicted molar refractivity (Wildman–Crippen MR) is 255 cm³/mol. The first-order chi connectivity index (χ1) is 30.3. The monoisotopic (exact) mass is 776 g/mol. The molecule has 2 aliphatic rings. The molecule has 1 spiro atoms. The Kier molecular flexibility index (Phi) is 8.11. The Balaban J connectivity index is 1.16. The molecular formula is C59H40N2. The van der Waals surface area contributed by atoms with Crippen molar-refractivity contribution in [2.45, 2.75) is 5.41 Å². The van der Waals surface area contributed by atoms with E-state index < -0.39 is 5.41 Å². The van der Waals surface area contributed by atoms with E-state index in [0.29, 0.717) is 0 Å². The van der Waals surface area contributed by atoms with Gasteiger partial charge >= 0.3 is 0 Å². The van der Waals surface area contributed by atoms with Crippen molar-refractivity contribution in [3.8, 4) is 33.4 Å². The molecule has 0 fully saturated rings. The summed E-state index contributed by atoms with van der Waals surface area (Å²) < 4.78 is 0. The fourth-order valence-electron chi connectivity index (χ4n) is 10.4. The van der Waals surface area contributed by atoms with Gasteiger partial charge in [-0.2, -0.15) is 0 Å². The van der Waals surface area contributed by atoms with E-state index in [1.165, 1.54) is 66.4 Å². The van der Waals surface area contributed by atoms with Gasteiger partial charge in [-0.1, -0.05) is 182 Å². The van der Waals surface area contributed by atoms with Crippen molar-refractivity contribution in [2.75, 3.05) is 9.80 Å². The average molecular weight is 777 g/mol. The zero-order valence-electron chi connectivity index (χ0n) is 33.5. The average Bonchev–Trinajstić information content (AvgIpc) is 3.81. The Morgan fingerprint density at radius 3 is 1.28 bits per heavy atom. The van der Waals surface area contributed by atoms with Crippen molar-refractivity contribution in [2.24, 2.45) is 0 Å². The van der Waals surface area contributed by atoms with E-state index in [2.05, 4.69) is 252 Å². The van der Waals surface area contributed by atoms with E-state index in [1.54, 1.807) is 0 Å². The van der Waals surface area contributed by atoms with Gasteiger partial charge in [0.15, 0.2) is 0 Å². The molecule has 1 atom stereocenters. The quantitative estimate of drug-likeness (QED) is 0.159. The van der Waals surface area contributed by atoms with E-state index >= 15 is 0 Å². The van der Waals surface area contributed by atoms with Crippen molar-refractivity contribution in [3.05, 3.63) is 265 Å². The first kappa shape index (κ1) is 35.0. The van der Waals surface area contributed by atoms with Gasteiger partial charge in [-0.3, -0.25) is 0 Å². The van der Waals surface area contributed by atoms with Gasteiger partial charge in [0.05, 0.1) is 16.8 Å². The highest BCUT2D eigenvalue weighted by molar-refractivity contribution is 6.12. The van der Waals surface area contributed by atoms with Gasteiger partial charge in [-0.05, 0) is 116 Å². The molecule has 2 nitrogen and oxygen atoms in total. The van der Waals surface area contributed by atoms with Crippen LogP contribution in [-0.4, -0.2) is 0 Å². The van der Waals surface area contributed by atoms with Gasteiger partial charge in [0.25, 0.3) is 0 Å². The van der Waals surface area contributed by atoms with Crippen LogP contribution in [0.4, 0.5) is 34.1 Å². The molecule has 0 heterocycles. The topological polar surface area (TPSA) is 6.48 Å². The first-order valence-corrected chi connectivity index (χ1v) is 21.1. The second-order valence-corrected chi connectivity index (χ2v) is 16.0. The lowest BCUT2D eigenvalue weighted by atomic mass is 9.70. The smallest absolute Gasteiger partial charge is 0.0727 e. The van der Waals surface area contributed by atoms with Gasteiger partial charge < -0.3 is 9.80 Å². The van der Waals surface area contributed by atoms with Crippen LogP contribution in [0.25, 0.3) is 44.2 Å². The molecule has 2 heteroatoms. The summed E-state index contributed by atoms with van der Waals surface area (Å²) in [5.74, 6) is 0. The molecule has 1 unspecified atom stereocenters. The summed E-state index contributed by atoms with van der Waals surface area (Å²) in [5.41, 5.74) is 18.9. The molecule has 0 amide bonds. The molecule has 0 saturated heterocycles. The number of rotatable bonds is 7. The fraction of sp³-hybridized carbons (Fsp3) is 0.0169. The lowest BCUT2D eigenvalue weighted by Crippen LogP contribution is -2.26. The molecule has 12 rings (SSSR count). The Hall–Kier alpha value is -7.94. The minimum Gasteiger partial charge on any atom is -0.310 e. The second kappa shape index (κ2) is 14.1. The summed E-state index contributed by atoms with van der Waals surface area (Å²) in [6.45, 7) is 0.